The van der Waals surface area contributed by atoms with E-state index in [1.54, 1.807) is 29.2 Å². The van der Waals surface area contributed by atoms with Crippen molar-refractivity contribution in [1.29, 1.82) is 0 Å². The summed E-state index contributed by atoms with van der Waals surface area (Å²) in [7, 11) is 0. The Morgan fingerprint density at radius 1 is 1.15 bits per heavy atom. The van der Waals surface area contributed by atoms with Crippen molar-refractivity contribution in [3.05, 3.63) is 60.6 Å². The van der Waals surface area contributed by atoms with Crippen molar-refractivity contribution in [1.82, 2.24) is 29.4 Å². The van der Waals surface area contributed by atoms with Gasteiger partial charge in [-0.15, -0.1) is 10.2 Å². The van der Waals surface area contributed by atoms with Gasteiger partial charge in [0.05, 0.1) is 11.9 Å². The predicted octanol–water partition coefficient (Wildman–Crippen LogP) is 2.80. The summed E-state index contributed by atoms with van der Waals surface area (Å²) in [5.74, 6) is 1.49. The number of aryl methyl sites for hydroxylation is 1. The van der Waals surface area contributed by atoms with Crippen LogP contribution in [0.25, 0.3) is 16.9 Å². The van der Waals surface area contributed by atoms with E-state index in [9.17, 15) is 4.39 Å². The van der Waals surface area contributed by atoms with Gasteiger partial charge in [0.25, 0.3) is 0 Å². The van der Waals surface area contributed by atoms with Gasteiger partial charge in [0, 0.05) is 37.2 Å². The van der Waals surface area contributed by atoms with Gasteiger partial charge in [0.1, 0.15) is 23.8 Å². The van der Waals surface area contributed by atoms with Crippen LogP contribution in [0.5, 0.6) is 0 Å². The van der Waals surface area contributed by atoms with E-state index in [0.29, 0.717) is 6.54 Å². The van der Waals surface area contributed by atoms with Crippen LogP contribution in [0.3, 0.4) is 0 Å². The molecule has 4 aromatic rings. The van der Waals surface area contributed by atoms with Crippen molar-refractivity contribution in [2.24, 2.45) is 0 Å². The maximum Gasteiger partial charge on any atom is 0.157 e. The molecule has 8 heteroatoms. The van der Waals surface area contributed by atoms with Gasteiger partial charge in [-0.05, 0) is 31.2 Å². The first-order valence-corrected chi connectivity index (χ1v) is 8.46. The van der Waals surface area contributed by atoms with E-state index in [-0.39, 0.29) is 5.82 Å². The lowest BCUT2D eigenvalue weighted by Crippen LogP contribution is -2.12. The van der Waals surface area contributed by atoms with E-state index in [1.807, 2.05) is 16.7 Å². The van der Waals surface area contributed by atoms with E-state index in [1.165, 1.54) is 12.1 Å². The molecule has 0 bridgehead atoms. The molecular formula is C18H18FN7. The Balaban J connectivity index is 1.59. The van der Waals surface area contributed by atoms with E-state index in [2.05, 4.69) is 32.5 Å². The molecule has 0 aliphatic carbocycles. The summed E-state index contributed by atoms with van der Waals surface area (Å²) in [4.78, 5) is 4.59. The fourth-order valence-corrected chi connectivity index (χ4v) is 2.85. The van der Waals surface area contributed by atoms with Gasteiger partial charge in [0.15, 0.2) is 5.65 Å². The number of anilines is 1. The maximum absolute atomic E-state index is 13.2. The van der Waals surface area contributed by atoms with Gasteiger partial charge in [0.2, 0.25) is 0 Å². The van der Waals surface area contributed by atoms with Crippen LogP contribution in [0.15, 0.2) is 48.9 Å². The Labute approximate surface area is 149 Å². The van der Waals surface area contributed by atoms with Crippen LogP contribution in [0.1, 0.15) is 12.7 Å². The fraction of sp³-hybridized carbons (Fsp3) is 0.222. The third kappa shape index (κ3) is 3.13. The number of halogens is 1. The van der Waals surface area contributed by atoms with Gasteiger partial charge < -0.3 is 9.88 Å². The lowest BCUT2D eigenvalue weighted by Gasteiger charge is -2.11. The van der Waals surface area contributed by atoms with Crippen molar-refractivity contribution >= 4 is 11.5 Å². The Bertz CT molecular complexity index is 1020. The minimum absolute atomic E-state index is 0.266. The lowest BCUT2D eigenvalue weighted by atomic mass is 10.1. The monoisotopic (exact) mass is 351 g/mol. The standard InChI is InChI=1S/C18H18FN7/c1-2-25-12-21-24-17(25)7-9-20-18-11-15(13-3-5-14(19)6-4-13)23-16-8-10-22-26(16)18/h3-6,8,10-12,20H,2,7,9H2,1H3. The van der Waals surface area contributed by atoms with Crippen LogP contribution in [0.2, 0.25) is 0 Å². The molecule has 0 atom stereocenters. The minimum atomic E-state index is -0.266. The normalized spacial score (nSPS) is 11.2. The summed E-state index contributed by atoms with van der Waals surface area (Å²) < 4.78 is 17.0. The molecule has 0 aliphatic heterocycles. The van der Waals surface area contributed by atoms with E-state index in [0.717, 1.165) is 41.5 Å². The highest BCUT2D eigenvalue weighted by atomic mass is 19.1. The first-order chi connectivity index (χ1) is 12.7. The molecule has 0 aliphatic rings. The number of rotatable bonds is 6. The number of hydrogen-bond acceptors (Lipinski definition) is 5. The summed E-state index contributed by atoms with van der Waals surface area (Å²) in [5, 5.41) is 15.8. The van der Waals surface area contributed by atoms with Gasteiger partial charge >= 0.3 is 0 Å². The third-order valence-electron chi connectivity index (χ3n) is 4.19. The SMILES string of the molecule is CCn1cnnc1CCNc1cc(-c2ccc(F)cc2)nc2ccnn12. The maximum atomic E-state index is 13.2. The highest BCUT2D eigenvalue weighted by Crippen LogP contribution is 2.22. The molecule has 1 aromatic carbocycles. The number of nitrogens with zero attached hydrogens (tertiary/aromatic N) is 6. The van der Waals surface area contributed by atoms with Gasteiger partial charge in [-0.2, -0.15) is 9.61 Å². The summed E-state index contributed by atoms with van der Waals surface area (Å²) in [6.07, 6.45) is 4.18. The van der Waals surface area contributed by atoms with E-state index < -0.39 is 0 Å². The Hall–Kier alpha value is -3.29. The van der Waals surface area contributed by atoms with Crippen molar-refractivity contribution < 1.29 is 4.39 Å². The number of benzene rings is 1. The van der Waals surface area contributed by atoms with Crippen LogP contribution >= 0.6 is 0 Å². The smallest absolute Gasteiger partial charge is 0.157 e. The highest BCUT2D eigenvalue weighted by Gasteiger charge is 2.09. The zero-order valence-corrected chi connectivity index (χ0v) is 14.3. The predicted molar refractivity (Wildman–Crippen MR) is 96.3 cm³/mol. The molecule has 0 amide bonds. The van der Waals surface area contributed by atoms with Gasteiger partial charge in [-0.3, -0.25) is 0 Å². The fourth-order valence-electron chi connectivity index (χ4n) is 2.85. The van der Waals surface area contributed by atoms with E-state index in [4.69, 9.17) is 0 Å². The largest absolute Gasteiger partial charge is 0.369 e. The number of aromatic nitrogens is 6. The molecule has 0 saturated heterocycles. The average molecular weight is 351 g/mol. The van der Waals surface area contributed by atoms with Crippen molar-refractivity contribution in [3.8, 4) is 11.3 Å². The summed E-state index contributed by atoms with van der Waals surface area (Å²) in [6, 6.07) is 10.1. The zero-order chi connectivity index (χ0) is 17.9. The summed E-state index contributed by atoms with van der Waals surface area (Å²) in [5.41, 5.74) is 2.34. The average Bonchev–Trinajstić information content (AvgIpc) is 3.31. The second-order valence-corrected chi connectivity index (χ2v) is 5.84. The van der Waals surface area contributed by atoms with Crippen LogP contribution in [-0.4, -0.2) is 35.9 Å². The van der Waals surface area contributed by atoms with Gasteiger partial charge in [-0.1, -0.05) is 0 Å². The zero-order valence-electron chi connectivity index (χ0n) is 14.3. The third-order valence-corrected chi connectivity index (χ3v) is 4.19. The summed E-state index contributed by atoms with van der Waals surface area (Å²) in [6.45, 7) is 3.58. The second kappa shape index (κ2) is 6.91. The molecular weight excluding hydrogens is 333 g/mol. The van der Waals surface area contributed by atoms with E-state index >= 15 is 0 Å². The quantitative estimate of drug-likeness (QED) is 0.578. The molecule has 0 unspecified atom stereocenters. The van der Waals surface area contributed by atoms with Crippen molar-refractivity contribution in [2.45, 2.75) is 19.9 Å². The molecule has 3 heterocycles. The minimum Gasteiger partial charge on any atom is -0.369 e. The molecule has 4 rings (SSSR count). The topological polar surface area (TPSA) is 72.9 Å². The van der Waals surface area contributed by atoms with Crippen LogP contribution < -0.4 is 5.32 Å². The molecule has 3 aromatic heterocycles. The molecule has 132 valence electrons. The first-order valence-electron chi connectivity index (χ1n) is 8.46. The molecule has 7 nitrogen and oxygen atoms in total. The number of fused-ring (bicyclic) bond motifs is 1. The molecule has 1 N–H and O–H groups in total. The first kappa shape index (κ1) is 16.2. The van der Waals surface area contributed by atoms with Crippen LogP contribution in [0.4, 0.5) is 10.2 Å². The Kier molecular flexibility index (Phi) is 4.30. The molecule has 0 fully saturated rings. The lowest BCUT2D eigenvalue weighted by molar-refractivity contribution is 0.628. The molecule has 0 radical (unpaired) electrons. The van der Waals surface area contributed by atoms with Crippen LogP contribution in [0, 0.1) is 5.82 Å². The second-order valence-electron chi connectivity index (χ2n) is 5.84. The molecule has 0 spiro atoms. The number of hydrogen-bond donors (Lipinski definition) is 1. The highest BCUT2D eigenvalue weighted by molar-refractivity contribution is 5.66. The molecule has 0 saturated carbocycles. The number of nitrogens with one attached hydrogen (secondary N) is 1. The van der Waals surface area contributed by atoms with Gasteiger partial charge in [-0.25, -0.2) is 9.37 Å². The molecule has 26 heavy (non-hydrogen) atoms. The van der Waals surface area contributed by atoms with Crippen LogP contribution in [-0.2, 0) is 13.0 Å². The van der Waals surface area contributed by atoms with Crippen molar-refractivity contribution in [3.63, 3.8) is 0 Å². The Morgan fingerprint density at radius 3 is 2.81 bits per heavy atom. The van der Waals surface area contributed by atoms with Crippen molar-refractivity contribution in [2.75, 3.05) is 11.9 Å². The Morgan fingerprint density at radius 2 is 2.00 bits per heavy atom. The summed E-state index contributed by atoms with van der Waals surface area (Å²) >= 11 is 0.